The molecule has 14 rings (SSSR count). The van der Waals surface area contributed by atoms with E-state index in [-0.39, 0.29) is 0 Å². The van der Waals surface area contributed by atoms with Gasteiger partial charge in [0.1, 0.15) is 0 Å². The van der Waals surface area contributed by atoms with E-state index < -0.39 is 0 Å². The Morgan fingerprint density at radius 1 is 0.159 bits per heavy atom. The van der Waals surface area contributed by atoms with Crippen LogP contribution >= 0.6 is 0 Å². The molecule has 3 aromatic heterocycles. The Morgan fingerprint density at radius 2 is 0.435 bits per heavy atom. The number of para-hydroxylation sites is 2. The maximum Gasteiger partial charge on any atom is 0.0562 e. The van der Waals surface area contributed by atoms with Gasteiger partial charge in [-0.05, 0) is 129 Å². The third-order valence-corrected chi connectivity index (χ3v) is 14.3. The van der Waals surface area contributed by atoms with E-state index in [1.54, 1.807) is 0 Å². The highest BCUT2D eigenvalue weighted by Gasteiger charge is 2.20. The van der Waals surface area contributed by atoms with Crippen molar-refractivity contribution >= 4 is 65.4 Å². The van der Waals surface area contributed by atoms with Crippen LogP contribution in [0.3, 0.4) is 0 Å². The molecule has 0 aliphatic heterocycles. The van der Waals surface area contributed by atoms with Crippen molar-refractivity contribution in [3.63, 3.8) is 0 Å². The molecule has 0 spiro atoms. The fourth-order valence-electron chi connectivity index (χ4n) is 10.9. The van der Waals surface area contributed by atoms with Gasteiger partial charge in [0.25, 0.3) is 0 Å². The Kier molecular flexibility index (Phi) is 8.90. The number of aromatic nitrogens is 3. The molecule has 322 valence electrons. The lowest BCUT2D eigenvalue weighted by Gasteiger charge is -2.12. The quantitative estimate of drug-likeness (QED) is 0.152. The fraction of sp³-hybridized carbons (Fsp3) is 0. The van der Waals surface area contributed by atoms with Crippen molar-refractivity contribution in [1.29, 1.82) is 0 Å². The van der Waals surface area contributed by atoms with Crippen molar-refractivity contribution in [2.24, 2.45) is 0 Å². The van der Waals surface area contributed by atoms with Crippen molar-refractivity contribution in [3.05, 3.63) is 261 Å². The summed E-state index contributed by atoms with van der Waals surface area (Å²) in [6.07, 6.45) is 0. The molecule has 3 heteroatoms. The molecule has 69 heavy (non-hydrogen) atoms. The summed E-state index contributed by atoms with van der Waals surface area (Å²) in [6, 6.07) is 95.5. The zero-order valence-electron chi connectivity index (χ0n) is 37.7. The van der Waals surface area contributed by atoms with Crippen LogP contribution in [-0.2, 0) is 0 Å². The minimum absolute atomic E-state index is 1.13. The van der Waals surface area contributed by atoms with E-state index >= 15 is 0 Å². The van der Waals surface area contributed by atoms with Gasteiger partial charge in [-0.2, -0.15) is 0 Å². The Hall–Kier alpha value is -9.18. The first-order chi connectivity index (χ1) is 34.2. The SMILES string of the molecule is c1ccc(-c2ccc(-n3c4ccccc4c4cc(-c5ccc6c(c5)c5cc7c8ccccc8n(-c8ccc(-c9ccccc9)cc8)c7cc5n6-c5ccc(-c6ccccc6)cc5)ccc43)cc2)cc1. The molecule has 0 amide bonds. The average molecular weight is 878 g/mol. The van der Waals surface area contributed by atoms with Crippen molar-refractivity contribution in [2.75, 3.05) is 0 Å². The monoisotopic (exact) mass is 877 g/mol. The molecule has 3 heterocycles. The van der Waals surface area contributed by atoms with Crippen molar-refractivity contribution in [1.82, 2.24) is 13.7 Å². The van der Waals surface area contributed by atoms with Crippen LogP contribution in [0.15, 0.2) is 261 Å². The van der Waals surface area contributed by atoms with Crippen LogP contribution in [0.1, 0.15) is 0 Å². The Bertz CT molecular complexity index is 4230. The number of hydrogen-bond acceptors (Lipinski definition) is 0. The summed E-state index contributed by atoms with van der Waals surface area (Å²) in [5.41, 5.74) is 20.2. The van der Waals surface area contributed by atoms with Gasteiger partial charge in [-0.25, -0.2) is 0 Å². The topological polar surface area (TPSA) is 14.8 Å². The van der Waals surface area contributed by atoms with Gasteiger partial charge in [-0.1, -0.05) is 176 Å². The molecule has 0 saturated heterocycles. The molecule has 0 aliphatic rings. The summed E-state index contributed by atoms with van der Waals surface area (Å²) in [7, 11) is 0. The maximum absolute atomic E-state index is 2.46. The van der Waals surface area contributed by atoms with Gasteiger partial charge in [-0.3, -0.25) is 0 Å². The van der Waals surface area contributed by atoms with E-state index in [2.05, 4.69) is 275 Å². The first-order valence-electron chi connectivity index (χ1n) is 23.7. The van der Waals surface area contributed by atoms with Gasteiger partial charge in [-0.15, -0.1) is 0 Å². The lowest BCUT2D eigenvalue weighted by atomic mass is 10.00. The average Bonchev–Trinajstić information content (AvgIpc) is 4.05. The van der Waals surface area contributed by atoms with Gasteiger partial charge < -0.3 is 13.7 Å². The molecule has 0 bridgehead atoms. The van der Waals surface area contributed by atoms with Gasteiger partial charge in [0.15, 0.2) is 0 Å². The number of benzene rings is 11. The molecule has 11 aromatic carbocycles. The molecule has 0 N–H and O–H groups in total. The molecule has 0 saturated carbocycles. The molecular weight excluding hydrogens is 835 g/mol. The summed E-state index contributed by atoms with van der Waals surface area (Å²) in [5.74, 6) is 0. The van der Waals surface area contributed by atoms with Crippen LogP contribution in [0.25, 0.3) is 127 Å². The minimum Gasteiger partial charge on any atom is -0.309 e. The number of nitrogens with zero attached hydrogens (tertiary/aromatic N) is 3. The second-order valence-electron chi connectivity index (χ2n) is 18.1. The zero-order valence-corrected chi connectivity index (χ0v) is 37.7. The molecule has 0 atom stereocenters. The summed E-state index contributed by atoms with van der Waals surface area (Å²) >= 11 is 0. The lowest BCUT2D eigenvalue weighted by Crippen LogP contribution is -1.96. The Balaban J connectivity index is 0.954. The van der Waals surface area contributed by atoms with Crippen molar-refractivity contribution in [3.8, 4) is 61.6 Å². The molecular formula is C66H43N3. The molecule has 0 aliphatic carbocycles. The van der Waals surface area contributed by atoms with E-state index in [0.29, 0.717) is 0 Å². The highest BCUT2D eigenvalue weighted by molar-refractivity contribution is 6.20. The largest absolute Gasteiger partial charge is 0.309 e. The van der Waals surface area contributed by atoms with E-state index in [0.717, 1.165) is 17.1 Å². The van der Waals surface area contributed by atoms with Crippen LogP contribution in [-0.4, -0.2) is 13.7 Å². The highest BCUT2D eigenvalue weighted by atomic mass is 15.0. The molecule has 0 fully saturated rings. The van der Waals surface area contributed by atoms with Crippen LogP contribution in [0.5, 0.6) is 0 Å². The van der Waals surface area contributed by atoms with Gasteiger partial charge in [0.05, 0.1) is 33.1 Å². The Labute approximate surface area is 399 Å². The number of fused-ring (bicyclic) bond motifs is 9. The second kappa shape index (κ2) is 15.7. The lowest BCUT2D eigenvalue weighted by molar-refractivity contribution is 1.16. The Morgan fingerprint density at radius 3 is 0.841 bits per heavy atom. The van der Waals surface area contributed by atoms with Crippen LogP contribution < -0.4 is 0 Å². The number of rotatable bonds is 7. The van der Waals surface area contributed by atoms with E-state index in [4.69, 9.17) is 0 Å². The molecule has 0 radical (unpaired) electrons. The summed E-state index contributed by atoms with van der Waals surface area (Å²) < 4.78 is 7.31. The third-order valence-electron chi connectivity index (χ3n) is 14.3. The normalized spacial score (nSPS) is 11.8. The van der Waals surface area contributed by atoms with Crippen LogP contribution in [0.4, 0.5) is 0 Å². The fourth-order valence-corrected chi connectivity index (χ4v) is 10.9. The third kappa shape index (κ3) is 6.36. The summed E-state index contributed by atoms with van der Waals surface area (Å²) in [4.78, 5) is 0. The minimum atomic E-state index is 1.13. The zero-order chi connectivity index (χ0) is 45.4. The molecule has 14 aromatic rings. The first kappa shape index (κ1) is 39.0. The summed E-state index contributed by atoms with van der Waals surface area (Å²) in [6.45, 7) is 0. The number of hydrogen-bond donors (Lipinski definition) is 0. The van der Waals surface area contributed by atoms with E-state index in [1.165, 1.54) is 110 Å². The first-order valence-corrected chi connectivity index (χ1v) is 23.7. The molecule has 3 nitrogen and oxygen atoms in total. The smallest absolute Gasteiger partial charge is 0.0562 e. The predicted octanol–water partition coefficient (Wildman–Crippen LogP) is 17.6. The predicted molar refractivity (Wildman–Crippen MR) is 291 cm³/mol. The maximum atomic E-state index is 2.46. The van der Waals surface area contributed by atoms with Gasteiger partial charge >= 0.3 is 0 Å². The van der Waals surface area contributed by atoms with Crippen LogP contribution in [0.2, 0.25) is 0 Å². The van der Waals surface area contributed by atoms with E-state index in [1.807, 2.05) is 0 Å². The highest BCUT2D eigenvalue weighted by Crippen LogP contribution is 2.42. The summed E-state index contributed by atoms with van der Waals surface area (Å²) in [5, 5.41) is 7.41. The van der Waals surface area contributed by atoms with E-state index in [9.17, 15) is 0 Å². The van der Waals surface area contributed by atoms with Crippen molar-refractivity contribution < 1.29 is 0 Å². The van der Waals surface area contributed by atoms with Crippen LogP contribution in [0, 0.1) is 0 Å². The van der Waals surface area contributed by atoms with Gasteiger partial charge in [0.2, 0.25) is 0 Å². The molecule has 0 unspecified atom stereocenters. The standard InChI is InChI=1S/C66H43N3/c1-4-14-44(15-5-1)47-24-32-52(33-25-47)67-61-22-12-10-20-55(61)57-40-50(30-38-63(57)67)51-31-39-64-58(41-51)60-42-59-56-21-11-13-23-62(56)68(53-34-26-48(27-35-53)45-16-6-2-7-17-45)65(59)43-66(60)69(64)54-36-28-49(29-37-54)46-18-8-3-9-19-46/h1-43H. The second-order valence-corrected chi connectivity index (χ2v) is 18.1. The van der Waals surface area contributed by atoms with Crippen molar-refractivity contribution in [2.45, 2.75) is 0 Å². The van der Waals surface area contributed by atoms with Gasteiger partial charge in [0, 0.05) is 49.4 Å².